The van der Waals surface area contributed by atoms with Crippen molar-refractivity contribution in [1.82, 2.24) is 4.57 Å². The van der Waals surface area contributed by atoms with Gasteiger partial charge in [-0.05, 0) is 18.2 Å². The van der Waals surface area contributed by atoms with Crippen molar-refractivity contribution in [2.45, 2.75) is 0 Å². The van der Waals surface area contributed by atoms with E-state index in [9.17, 15) is 0 Å². The maximum absolute atomic E-state index is 5.28. The normalized spacial score (nSPS) is 14.8. The quantitative estimate of drug-likeness (QED) is 0.414. The van der Waals surface area contributed by atoms with Gasteiger partial charge in [-0.2, -0.15) is 0 Å². The maximum atomic E-state index is 5.28. The third kappa shape index (κ3) is 1.69. The molecule has 3 nitrogen and oxygen atoms in total. The van der Waals surface area contributed by atoms with E-state index in [0.717, 1.165) is 28.0 Å². The molecule has 0 saturated carbocycles. The van der Waals surface area contributed by atoms with Crippen LogP contribution in [0.1, 0.15) is 11.3 Å². The van der Waals surface area contributed by atoms with Crippen LogP contribution in [0.4, 0.5) is 0 Å². The number of benzene rings is 1. The fourth-order valence-electron chi connectivity index (χ4n) is 2.05. The van der Waals surface area contributed by atoms with Crippen LogP contribution in [0, 0.1) is 0 Å². The molecular formula is C13H11BrN2O. The molecule has 17 heavy (non-hydrogen) atoms. The zero-order chi connectivity index (χ0) is 11.7. The molecular weight excluding hydrogens is 280 g/mol. The Bertz CT molecular complexity index is 574. The van der Waals surface area contributed by atoms with Crippen molar-refractivity contribution in [2.75, 3.05) is 11.9 Å². The Hall–Kier alpha value is -1.55. The van der Waals surface area contributed by atoms with E-state index >= 15 is 0 Å². The molecule has 0 saturated heterocycles. The molecule has 0 fully saturated rings. The molecule has 4 heteroatoms. The predicted molar refractivity (Wildman–Crippen MR) is 71.2 cm³/mol. The fraction of sp³-hybridized carbons (Fsp3) is 0.154. The van der Waals surface area contributed by atoms with Gasteiger partial charge in [0.2, 0.25) is 0 Å². The zero-order valence-electron chi connectivity index (χ0n) is 9.14. The Morgan fingerprint density at radius 1 is 1.18 bits per heavy atom. The number of hydrogen-bond donors (Lipinski definition) is 0. The zero-order valence-corrected chi connectivity index (χ0v) is 10.7. The van der Waals surface area contributed by atoms with Crippen molar-refractivity contribution in [3.8, 4) is 5.69 Å². The minimum Gasteiger partial charge on any atom is -0.394 e. The molecule has 0 aliphatic carbocycles. The summed E-state index contributed by atoms with van der Waals surface area (Å²) in [7, 11) is 0. The first kappa shape index (κ1) is 10.6. The Morgan fingerprint density at radius 2 is 2.06 bits per heavy atom. The van der Waals surface area contributed by atoms with Crippen LogP contribution in [0.3, 0.4) is 0 Å². The molecule has 0 N–H and O–H groups in total. The van der Waals surface area contributed by atoms with E-state index in [0.29, 0.717) is 6.61 Å². The summed E-state index contributed by atoms with van der Waals surface area (Å²) in [4.78, 5) is 5.28. The lowest BCUT2D eigenvalue weighted by Crippen LogP contribution is -2.00. The van der Waals surface area contributed by atoms with Gasteiger partial charge in [0.1, 0.15) is 12.3 Å². The van der Waals surface area contributed by atoms with Crippen LogP contribution in [0.25, 0.3) is 5.69 Å². The molecule has 1 aromatic carbocycles. The van der Waals surface area contributed by atoms with Crippen LogP contribution in [0.15, 0.2) is 47.8 Å². The number of hydrogen-bond acceptors (Lipinski definition) is 2. The lowest BCUT2D eigenvalue weighted by atomic mass is 10.1. The second-order valence-electron chi connectivity index (χ2n) is 3.74. The van der Waals surface area contributed by atoms with Crippen molar-refractivity contribution in [2.24, 2.45) is 5.16 Å². The highest BCUT2D eigenvalue weighted by atomic mass is 79.9. The first-order valence-corrected chi connectivity index (χ1v) is 6.57. The summed E-state index contributed by atoms with van der Waals surface area (Å²) in [6.07, 6.45) is 2.04. The molecule has 0 amide bonds. The summed E-state index contributed by atoms with van der Waals surface area (Å²) in [6, 6.07) is 12.3. The minimum atomic E-state index is 0.576. The number of nitrogens with zero attached hydrogens (tertiary/aromatic N) is 2. The van der Waals surface area contributed by atoms with Crippen LogP contribution in [-0.2, 0) is 4.84 Å². The number of rotatable bonds is 3. The van der Waals surface area contributed by atoms with E-state index in [-0.39, 0.29) is 0 Å². The molecule has 0 bridgehead atoms. The van der Waals surface area contributed by atoms with Crippen LogP contribution in [0.5, 0.6) is 0 Å². The standard InChI is InChI=1S/C13H11BrN2O/c14-7-9-17-15-13-10-4-1-2-5-11(10)16-8-3-6-12(13)16/h1-6,8H,7,9H2. The number of oxime groups is 1. The predicted octanol–water partition coefficient (Wildman–Crippen LogP) is 2.95. The van der Waals surface area contributed by atoms with Gasteiger partial charge in [-0.25, -0.2) is 0 Å². The third-order valence-corrected chi connectivity index (χ3v) is 3.06. The number of para-hydroxylation sites is 1. The highest BCUT2D eigenvalue weighted by molar-refractivity contribution is 9.09. The van der Waals surface area contributed by atoms with Crippen molar-refractivity contribution in [1.29, 1.82) is 0 Å². The van der Waals surface area contributed by atoms with Gasteiger partial charge in [0.05, 0.1) is 11.4 Å². The maximum Gasteiger partial charge on any atom is 0.136 e. The molecule has 2 heterocycles. The van der Waals surface area contributed by atoms with Crippen molar-refractivity contribution in [3.05, 3.63) is 53.9 Å². The van der Waals surface area contributed by atoms with Crippen LogP contribution >= 0.6 is 15.9 Å². The molecule has 1 aliphatic rings. The van der Waals surface area contributed by atoms with E-state index in [1.807, 2.05) is 24.4 Å². The van der Waals surface area contributed by atoms with E-state index in [4.69, 9.17) is 4.84 Å². The smallest absolute Gasteiger partial charge is 0.136 e. The molecule has 1 aliphatic heterocycles. The Morgan fingerprint density at radius 3 is 2.94 bits per heavy atom. The van der Waals surface area contributed by atoms with Crippen LogP contribution in [-0.4, -0.2) is 22.2 Å². The van der Waals surface area contributed by atoms with E-state index in [1.54, 1.807) is 0 Å². The minimum absolute atomic E-state index is 0.576. The lowest BCUT2D eigenvalue weighted by Gasteiger charge is -2.00. The SMILES string of the molecule is BrCCON=C1c2ccccc2-n2cccc21. The monoisotopic (exact) mass is 290 g/mol. The highest BCUT2D eigenvalue weighted by Crippen LogP contribution is 2.28. The first-order valence-electron chi connectivity index (χ1n) is 5.45. The third-order valence-electron chi connectivity index (χ3n) is 2.73. The van der Waals surface area contributed by atoms with Crippen molar-refractivity contribution < 1.29 is 4.84 Å². The number of halogens is 1. The summed E-state index contributed by atoms with van der Waals surface area (Å²) in [5.41, 5.74) is 4.28. The Labute approximate surface area is 108 Å². The number of aromatic nitrogens is 1. The Balaban J connectivity index is 2.08. The topological polar surface area (TPSA) is 26.5 Å². The second kappa shape index (κ2) is 4.37. The van der Waals surface area contributed by atoms with E-state index in [2.05, 4.69) is 43.9 Å². The molecule has 1 aromatic heterocycles. The molecule has 2 aromatic rings. The largest absolute Gasteiger partial charge is 0.394 e. The molecule has 0 spiro atoms. The highest BCUT2D eigenvalue weighted by Gasteiger charge is 2.24. The van der Waals surface area contributed by atoms with Gasteiger partial charge in [-0.15, -0.1) is 0 Å². The second-order valence-corrected chi connectivity index (χ2v) is 4.54. The average molecular weight is 291 g/mol. The molecule has 0 unspecified atom stereocenters. The summed E-state index contributed by atoms with van der Waals surface area (Å²) < 4.78 is 2.13. The number of fused-ring (bicyclic) bond motifs is 3. The van der Waals surface area contributed by atoms with Crippen molar-refractivity contribution >= 4 is 21.6 Å². The van der Waals surface area contributed by atoms with Gasteiger partial charge >= 0.3 is 0 Å². The Kier molecular flexibility index (Phi) is 2.73. The van der Waals surface area contributed by atoms with Gasteiger partial charge in [0.25, 0.3) is 0 Å². The van der Waals surface area contributed by atoms with Crippen LogP contribution in [0.2, 0.25) is 0 Å². The van der Waals surface area contributed by atoms with Crippen LogP contribution < -0.4 is 0 Å². The average Bonchev–Trinajstić information content (AvgIpc) is 2.92. The summed E-state index contributed by atoms with van der Waals surface area (Å²) in [6.45, 7) is 0.576. The van der Waals surface area contributed by atoms with E-state index in [1.165, 1.54) is 0 Å². The van der Waals surface area contributed by atoms with Gasteiger partial charge < -0.3 is 9.40 Å². The van der Waals surface area contributed by atoms with Crippen molar-refractivity contribution in [3.63, 3.8) is 0 Å². The summed E-state index contributed by atoms with van der Waals surface area (Å²) >= 11 is 3.32. The van der Waals surface area contributed by atoms with Gasteiger partial charge in [0, 0.05) is 17.1 Å². The molecule has 86 valence electrons. The lowest BCUT2D eigenvalue weighted by molar-refractivity contribution is 0.162. The summed E-state index contributed by atoms with van der Waals surface area (Å²) in [5, 5.41) is 5.02. The van der Waals surface area contributed by atoms with Gasteiger partial charge in [-0.3, -0.25) is 0 Å². The molecule has 0 radical (unpaired) electrons. The van der Waals surface area contributed by atoms with Gasteiger partial charge in [-0.1, -0.05) is 39.3 Å². The summed E-state index contributed by atoms with van der Waals surface area (Å²) in [5.74, 6) is 0. The van der Waals surface area contributed by atoms with E-state index < -0.39 is 0 Å². The first-order chi connectivity index (χ1) is 8.42. The fourth-order valence-corrected chi connectivity index (χ4v) is 2.19. The molecule has 3 rings (SSSR count). The molecule has 0 atom stereocenters. The number of alkyl halides is 1. The van der Waals surface area contributed by atoms with Gasteiger partial charge in [0.15, 0.2) is 0 Å².